The summed E-state index contributed by atoms with van der Waals surface area (Å²) in [5.41, 5.74) is 19.5. The molecule has 0 atom stereocenters. The Morgan fingerprint density at radius 1 is 0.333 bits per heavy atom. The molecule has 0 fully saturated rings. The van der Waals surface area contributed by atoms with Crippen LogP contribution in [0.4, 0.5) is 0 Å². The lowest BCUT2D eigenvalue weighted by atomic mass is 9.96. The number of aryl methyl sites for hydroxylation is 4. The fraction of sp³-hybridized carbons (Fsp3) is 0.0656. The summed E-state index contributed by atoms with van der Waals surface area (Å²) in [4.78, 5) is 15.8. The van der Waals surface area contributed by atoms with Crippen LogP contribution in [0, 0.1) is 27.7 Å². The first-order chi connectivity index (χ1) is 32.3. The van der Waals surface area contributed by atoms with E-state index < -0.39 is 0 Å². The molecule has 12 aromatic rings. The quantitative estimate of drug-likeness (QED) is 0.160. The van der Waals surface area contributed by atoms with Crippen molar-refractivity contribution in [3.8, 4) is 73.2 Å². The number of benzene rings is 9. The van der Waals surface area contributed by atoms with E-state index in [9.17, 15) is 0 Å². The lowest BCUT2D eigenvalue weighted by Crippen LogP contribution is -2.04. The van der Waals surface area contributed by atoms with Gasteiger partial charge in [0.2, 0.25) is 0 Å². The average Bonchev–Trinajstić information content (AvgIpc) is 3.89. The molecule has 9 aromatic carbocycles. The van der Waals surface area contributed by atoms with Crippen LogP contribution in [0.15, 0.2) is 199 Å². The number of hydrogen-bond donors (Lipinski definition) is 0. The minimum Gasteiger partial charge on any atom is -0.456 e. The van der Waals surface area contributed by atoms with E-state index in [-0.39, 0.29) is 0 Å². The smallest absolute Gasteiger partial charge is 0.166 e. The third-order valence-corrected chi connectivity index (χ3v) is 13.0. The second-order valence-electron chi connectivity index (χ2n) is 17.5. The van der Waals surface area contributed by atoms with Gasteiger partial charge in [0.25, 0.3) is 0 Å². The highest BCUT2D eigenvalue weighted by atomic mass is 16.3. The fourth-order valence-corrected chi connectivity index (χ4v) is 9.81. The van der Waals surface area contributed by atoms with Crippen molar-refractivity contribution >= 4 is 43.7 Å². The van der Waals surface area contributed by atoms with Crippen molar-refractivity contribution in [3.05, 3.63) is 216 Å². The predicted octanol–water partition coefficient (Wildman–Crippen LogP) is 16.1. The molecule has 0 saturated heterocycles. The molecule has 0 unspecified atom stereocenters. The number of para-hydroxylation sites is 1. The van der Waals surface area contributed by atoms with Crippen molar-refractivity contribution in [2.24, 2.45) is 0 Å². The highest BCUT2D eigenvalue weighted by Crippen LogP contribution is 2.42. The summed E-state index contributed by atoms with van der Waals surface area (Å²) in [5, 5.41) is 4.51. The second-order valence-corrected chi connectivity index (χ2v) is 17.5. The molecule has 0 saturated carbocycles. The molecule has 3 aromatic heterocycles. The lowest BCUT2D eigenvalue weighted by molar-refractivity contribution is 0.669. The molecular formula is C61H44N4O. The number of aromatic nitrogens is 4. The van der Waals surface area contributed by atoms with Gasteiger partial charge in [-0.1, -0.05) is 163 Å². The van der Waals surface area contributed by atoms with Crippen LogP contribution in [0.3, 0.4) is 0 Å². The summed E-state index contributed by atoms with van der Waals surface area (Å²) >= 11 is 0. The standard InChI is InChI=1S/C61H44N4O/c1-37-19-25-47(39(3)31-37)45-21-27-49-50-28-22-46(48-26-20-38(2)32-40(48)4)36-56(50)65(55(49)35-45)54-29-23-43(44-24-30-58-52(33-44)51-17-11-12-18-57(51)66-58)34-53(54)61-63-59(41-13-7-5-8-14-41)62-60(64-61)42-15-9-6-10-16-42/h5-36H,1-4H3. The van der Waals surface area contributed by atoms with Crippen molar-refractivity contribution in [2.45, 2.75) is 27.7 Å². The van der Waals surface area contributed by atoms with Crippen LogP contribution < -0.4 is 0 Å². The topological polar surface area (TPSA) is 56.7 Å². The molecule has 0 amide bonds. The van der Waals surface area contributed by atoms with E-state index in [0.717, 1.165) is 77.6 Å². The molecule has 3 heterocycles. The van der Waals surface area contributed by atoms with Crippen LogP contribution in [0.5, 0.6) is 0 Å². The molecule has 5 heteroatoms. The van der Waals surface area contributed by atoms with Gasteiger partial charge in [-0.2, -0.15) is 0 Å². The van der Waals surface area contributed by atoms with Crippen molar-refractivity contribution in [3.63, 3.8) is 0 Å². The van der Waals surface area contributed by atoms with Crippen molar-refractivity contribution < 1.29 is 4.42 Å². The van der Waals surface area contributed by atoms with E-state index in [1.807, 2.05) is 48.5 Å². The van der Waals surface area contributed by atoms with Crippen molar-refractivity contribution in [1.82, 2.24) is 19.5 Å². The molecule has 12 rings (SSSR count). The van der Waals surface area contributed by atoms with Crippen LogP contribution >= 0.6 is 0 Å². The summed E-state index contributed by atoms with van der Waals surface area (Å²) in [5.74, 6) is 1.80. The van der Waals surface area contributed by atoms with Gasteiger partial charge < -0.3 is 8.98 Å². The molecular weight excluding hydrogens is 805 g/mol. The van der Waals surface area contributed by atoms with E-state index in [1.165, 1.54) is 44.2 Å². The molecule has 5 nitrogen and oxygen atoms in total. The normalized spacial score (nSPS) is 11.6. The average molecular weight is 849 g/mol. The molecule has 66 heavy (non-hydrogen) atoms. The van der Waals surface area contributed by atoms with Crippen LogP contribution in [0.25, 0.3) is 117 Å². The Morgan fingerprint density at radius 3 is 1.42 bits per heavy atom. The van der Waals surface area contributed by atoms with Crippen LogP contribution in [-0.4, -0.2) is 19.5 Å². The Kier molecular flexibility index (Phi) is 9.32. The highest BCUT2D eigenvalue weighted by Gasteiger charge is 2.22. The lowest BCUT2D eigenvalue weighted by Gasteiger charge is -2.17. The molecule has 0 aliphatic carbocycles. The summed E-state index contributed by atoms with van der Waals surface area (Å²) < 4.78 is 8.71. The zero-order valence-electron chi connectivity index (χ0n) is 37.2. The second kappa shape index (κ2) is 15.7. The van der Waals surface area contributed by atoms with Crippen molar-refractivity contribution in [1.29, 1.82) is 0 Å². The monoisotopic (exact) mass is 848 g/mol. The maximum Gasteiger partial charge on any atom is 0.166 e. The molecule has 0 aliphatic rings. The van der Waals surface area contributed by atoms with Crippen LogP contribution in [0.2, 0.25) is 0 Å². The van der Waals surface area contributed by atoms with Gasteiger partial charge in [0.05, 0.1) is 16.7 Å². The third kappa shape index (κ3) is 6.76. The largest absolute Gasteiger partial charge is 0.456 e. The molecule has 0 N–H and O–H groups in total. The van der Waals surface area contributed by atoms with Gasteiger partial charge in [-0.25, -0.2) is 15.0 Å². The number of rotatable bonds is 7. The SMILES string of the molecule is Cc1ccc(-c2ccc3c4ccc(-c5ccc(C)cc5C)cc4n(-c4ccc(-c5ccc6oc7ccccc7c6c5)cc4-c4nc(-c5ccccc5)nc(-c5ccccc5)n4)c3c2)c(C)c1. The fourth-order valence-electron chi connectivity index (χ4n) is 9.81. The van der Waals surface area contributed by atoms with Crippen LogP contribution in [0.1, 0.15) is 22.3 Å². The maximum atomic E-state index is 6.28. The zero-order chi connectivity index (χ0) is 44.5. The minimum atomic E-state index is 0.584. The summed E-state index contributed by atoms with van der Waals surface area (Å²) in [6.45, 7) is 8.71. The molecule has 314 valence electrons. The summed E-state index contributed by atoms with van der Waals surface area (Å²) in [7, 11) is 0. The summed E-state index contributed by atoms with van der Waals surface area (Å²) in [6, 6.07) is 69.1. The Balaban J connectivity index is 1.18. The van der Waals surface area contributed by atoms with Gasteiger partial charge in [-0.3, -0.25) is 0 Å². The van der Waals surface area contributed by atoms with Gasteiger partial charge in [0.15, 0.2) is 17.5 Å². The Hall–Kier alpha value is -8.41. The molecule has 0 radical (unpaired) electrons. The Bertz CT molecular complexity index is 3700. The van der Waals surface area contributed by atoms with Crippen molar-refractivity contribution in [2.75, 3.05) is 0 Å². The maximum absolute atomic E-state index is 6.28. The molecule has 0 bridgehead atoms. The van der Waals surface area contributed by atoms with Gasteiger partial charge >= 0.3 is 0 Å². The zero-order valence-corrected chi connectivity index (χ0v) is 37.2. The van der Waals surface area contributed by atoms with E-state index in [1.54, 1.807) is 0 Å². The predicted molar refractivity (Wildman–Crippen MR) is 273 cm³/mol. The first-order valence-corrected chi connectivity index (χ1v) is 22.5. The van der Waals surface area contributed by atoms with Gasteiger partial charge in [-0.15, -0.1) is 0 Å². The first-order valence-electron chi connectivity index (χ1n) is 22.5. The minimum absolute atomic E-state index is 0.584. The van der Waals surface area contributed by atoms with Gasteiger partial charge in [-0.05, 0) is 115 Å². The third-order valence-electron chi connectivity index (χ3n) is 13.0. The van der Waals surface area contributed by atoms with E-state index in [2.05, 4.69) is 178 Å². The molecule has 0 aliphatic heterocycles. The Labute approximate surface area is 383 Å². The first kappa shape index (κ1) is 39.2. The number of hydrogen-bond acceptors (Lipinski definition) is 4. The van der Waals surface area contributed by atoms with E-state index in [0.29, 0.717) is 17.5 Å². The summed E-state index contributed by atoms with van der Waals surface area (Å²) in [6.07, 6.45) is 0. The Morgan fingerprint density at radius 2 is 0.833 bits per heavy atom. The van der Waals surface area contributed by atoms with Gasteiger partial charge in [0, 0.05) is 38.2 Å². The highest BCUT2D eigenvalue weighted by molar-refractivity contribution is 6.12. The molecule has 0 spiro atoms. The van der Waals surface area contributed by atoms with Gasteiger partial charge in [0.1, 0.15) is 11.2 Å². The van der Waals surface area contributed by atoms with E-state index >= 15 is 0 Å². The number of furan rings is 1. The number of nitrogens with zero attached hydrogens (tertiary/aromatic N) is 4. The van der Waals surface area contributed by atoms with Crippen LogP contribution in [-0.2, 0) is 0 Å². The van der Waals surface area contributed by atoms with E-state index in [4.69, 9.17) is 19.4 Å². The number of fused-ring (bicyclic) bond motifs is 6.